The maximum Gasteiger partial charge on any atom is 0.331 e. The molecule has 3 saturated heterocycles. The summed E-state index contributed by atoms with van der Waals surface area (Å²) in [7, 11) is 0. The van der Waals surface area contributed by atoms with Gasteiger partial charge in [0.25, 0.3) is 0 Å². The van der Waals surface area contributed by atoms with Crippen molar-refractivity contribution in [1.29, 1.82) is 0 Å². The lowest BCUT2D eigenvalue weighted by Crippen LogP contribution is -2.63. The van der Waals surface area contributed by atoms with Crippen LogP contribution < -0.4 is 5.32 Å². The number of amides is 4. The van der Waals surface area contributed by atoms with Gasteiger partial charge in [0.05, 0.1) is 6.04 Å². The van der Waals surface area contributed by atoms with Crippen molar-refractivity contribution >= 4 is 17.8 Å². The van der Waals surface area contributed by atoms with Crippen LogP contribution in [0.5, 0.6) is 0 Å². The zero-order chi connectivity index (χ0) is 13.2. The molecule has 3 heterocycles. The molecular weight excluding hydrogens is 246 g/mol. The molecule has 0 bridgehead atoms. The van der Waals surface area contributed by atoms with Gasteiger partial charge in [0, 0.05) is 12.6 Å². The van der Waals surface area contributed by atoms with E-state index in [4.69, 9.17) is 0 Å². The number of nitrogens with zero attached hydrogens (tertiary/aromatic N) is 2. The van der Waals surface area contributed by atoms with Gasteiger partial charge in [-0.05, 0) is 38.6 Å². The van der Waals surface area contributed by atoms with Gasteiger partial charge in [0.2, 0.25) is 11.8 Å². The first-order valence-electron chi connectivity index (χ1n) is 7.07. The second-order valence-corrected chi connectivity index (χ2v) is 6.12. The molecule has 2 atom stereocenters. The largest absolute Gasteiger partial charge is 0.331 e. The minimum atomic E-state index is -0.903. The number of carbonyl (C=O) groups excluding carboxylic acids is 3. The molecule has 4 amide bonds. The molecule has 1 saturated carbocycles. The van der Waals surface area contributed by atoms with Crippen molar-refractivity contribution in [2.45, 2.75) is 44.2 Å². The lowest BCUT2D eigenvalue weighted by Gasteiger charge is -2.36. The van der Waals surface area contributed by atoms with E-state index in [1.807, 2.05) is 0 Å². The van der Waals surface area contributed by atoms with Crippen LogP contribution in [0.3, 0.4) is 0 Å². The van der Waals surface area contributed by atoms with E-state index >= 15 is 0 Å². The van der Waals surface area contributed by atoms with Gasteiger partial charge in [0.15, 0.2) is 0 Å². The number of fused-ring (bicyclic) bond motifs is 1. The van der Waals surface area contributed by atoms with E-state index in [1.165, 1.54) is 4.90 Å². The third kappa shape index (κ3) is 1.38. The predicted molar refractivity (Wildman–Crippen MR) is 65.1 cm³/mol. The summed E-state index contributed by atoms with van der Waals surface area (Å²) < 4.78 is 0. The highest BCUT2D eigenvalue weighted by Gasteiger charge is 2.64. The molecule has 4 fully saturated rings. The Kier molecular flexibility index (Phi) is 2.14. The van der Waals surface area contributed by atoms with Gasteiger partial charge >= 0.3 is 6.03 Å². The van der Waals surface area contributed by atoms with Gasteiger partial charge in [-0.3, -0.25) is 24.7 Å². The third-order valence-corrected chi connectivity index (χ3v) is 5.15. The topological polar surface area (TPSA) is 69.7 Å². The highest BCUT2D eigenvalue weighted by Crippen LogP contribution is 2.50. The number of nitrogens with one attached hydrogen (secondary N) is 1. The molecule has 19 heavy (non-hydrogen) atoms. The van der Waals surface area contributed by atoms with Crippen LogP contribution in [0.25, 0.3) is 0 Å². The van der Waals surface area contributed by atoms with Crippen LogP contribution in [0.2, 0.25) is 0 Å². The molecule has 4 aliphatic rings. The van der Waals surface area contributed by atoms with E-state index in [-0.39, 0.29) is 17.9 Å². The molecule has 0 aromatic rings. The zero-order valence-electron chi connectivity index (χ0n) is 10.7. The number of carbonyl (C=O) groups is 3. The number of hydrogen-bond donors (Lipinski definition) is 1. The van der Waals surface area contributed by atoms with Crippen LogP contribution in [0.4, 0.5) is 4.79 Å². The molecule has 0 aromatic heterocycles. The highest BCUT2D eigenvalue weighted by atomic mass is 16.2. The van der Waals surface area contributed by atoms with Crippen LogP contribution in [-0.4, -0.2) is 52.8 Å². The van der Waals surface area contributed by atoms with Gasteiger partial charge in [-0.1, -0.05) is 0 Å². The molecule has 2 unspecified atom stereocenters. The summed E-state index contributed by atoms with van der Waals surface area (Å²) >= 11 is 0. The van der Waals surface area contributed by atoms with Crippen molar-refractivity contribution in [2.24, 2.45) is 5.41 Å². The molecule has 1 aliphatic carbocycles. The molecule has 0 radical (unpaired) electrons. The molecule has 3 aliphatic heterocycles. The van der Waals surface area contributed by atoms with Crippen molar-refractivity contribution in [3.05, 3.63) is 0 Å². The molecule has 102 valence electrons. The number of urea groups is 1. The van der Waals surface area contributed by atoms with Crippen molar-refractivity contribution in [3.63, 3.8) is 0 Å². The summed E-state index contributed by atoms with van der Waals surface area (Å²) in [6.45, 7) is 2.02. The Balaban J connectivity index is 1.65. The van der Waals surface area contributed by atoms with E-state index in [0.29, 0.717) is 18.9 Å². The van der Waals surface area contributed by atoms with E-state index in [2.05, 4.69) is 10.2 Å². The fourth-order valence-electron chi connectivity index (χ4n) is 3.92. The van der Waals surface area contributed by atoms with Crippen molar-refractivity contribution < 1.29 is 14.4 Å². The van der Waals surface area contributed by atoms with Gasteiger partial charge < -0.3 is 0 Å². The summed E-state index contributed by atoms with van der Waals surface area (Å²) in [4.78, 5) is 40.1. The minimum Gasteiger partial charge on any atom is -0.298 e. The predicted octanol–water partition coefficient (Wildman–Crippen LogP) is 0.0817. The van der Waals surface area contributed by atoms with Crippen LogP contribution in [0.15, 0.2) is 0 Å². The van der Waals surface area contributed by atoms with E-state index < -0.39 is 11.4 Å². The first-order chi connectivity index (χ1) is 9.13. The Morgan fingerprint density at radius 1 is 1.05 bits per heavy atom. The first kappa shape index (κ1) is 11.4. The Hall–Kier alpha value is -1.43. The summed E-state index contributed by atoms with van der Waals surface area (Å²) in [5, 5.41) is 2.38. The first-order valence-corrected chi connectivity index (χ1v) is 7.07. The van der Waals surface area contributed by atoms with Gasteiger partial charge in [-0.2, -0.15) is 0 Å². The van der Waals surface area contributed by atoms with E-state index in [0.717, 1.165) is 32.4 Å². The second kappa shape index (κ2) is 3.56. The molecule has 4 rings (SSSR count). The summed E-state index contributed by atoms with van der Waals surface area (Å²) in [6, 6.07) is -0.245. The normalized spacial score (nSPS) is 36.8. The van der Waals surface area contributed by atoms with E-state index in [9.17, 15) is 14.4 Å². The average molecular weight is 263 g/mol. The van der Waals surface area contributed by atoms with E-state index in [1.54, 1.807) is 0 Å². The minimum absolute atomic E-state index is 0.0411. The molecule has 1 spiro atoms. The molecular formula is C13H17N3O3. The molecule has 6 nitrogen and oxygen atoms in total. The van der Waals surface area contributed by atoms with Crippen LogP contribution in [0, 0.1) is 5.41 Å². The van der Waals surface area contributed by atoms with Crippen molar-refractivity contribution in [2.75, 3.05) is 13.1 Å². The maximum atomic E-state index is 12.5. The summed E-state index contributed by atoms with van der Waals surface area (Å²) in [6.07, 6.45) is 4.19. The Bertz CT molecular complexity index is 486. The fraction of sp³-hybridized carbons (Fsp3) is 0.769. The van der Waals surface area contributed by atoms with Gasteiger partial charge in [-0.15, -0.1) is 0 Å². The molecule has 0 aromatic carbocycles. The highest BCUT2D eigenvalue weighted by molar-refractivity contribution is 6.21. The lowest BCUT2D eigenvalue weighted by molar-refractivity contribution is -0.146. The number of hydrogen-bond acceptors (Lipinski definition) is 4. The Morgan fingerprint density at radius 2 is 1.84 bits per heavy atom. The smallest absolute Gasteiger partial charge is 0.298 e. The van der Waals surface area contributed by atoms with Gasteiger partial charge in [-0.25, -0.2) is 4.79 Å². The SMILES string of the molecule is O=C1NC(=O)C2(CC2)C(=O)N1C1CCN2CCCC12. The Labute approximate surface area is 111 Å². The van der Waals surface area contributed by atoms with Crippen LogP contribution in [-0.2, 0) is 9.59 Å². The number of barbiturate groups is 1. The number of imide groups is 2. The third-order valence-electron chi connectivity index (χ3n) is 5.15. The monoisotopic (exact) mass is 263 g/mol. The van der Waals surface area contributed by atoms with Crippen LogP contribution >= 0.6 is 0 Å². The standard InChI is InChI=1S/C13H17N3O3/c17-10-13(4-5-13)11(18)16(12(19)14-10)9-3-7-15-6-1-2-8(9)15/h8-9H,1-7H2,(H,14,17,19). The average Bonchev–Trinajstić information content (AvgIpc) is 2.89. The van der Waals surface area contributed by atoms with Crippen molar-refractivity contribution in [1.82, 2.24) is 15.1 Å². The fourth-order valence-corrected chi connectivity index (χ4v) is 3.92. The number of rotatable bonds is 1. The van der Waals surface area contributed by atoms with Crippen molar-refractivity contribution in [3.8, 4) is 0 Å². The quantitative estimate of drug-likeness (QED) is 0.680. The second-order valence-electron chi connectivity index (χ2n) is 6.12. The summed E-state index contributed by atoms with van der Waals surface area (Å²) in [5.74, 6) is -0.639. The lowest BCUT2D eigenvalue weighted by atomic mass is 9.97. The molecule has 1 N–H and O–H groups in total. The zero-order valence-corrected chi connectivity index (χ0v) is 10.7. The maximum absolute atomic E-state index is 12.5. The Morgan fingerprint density at radius 3 is 2.58 bits per heavy atom. The summed E-state index contributed by atoms with van der Waals surface area (Å²) in [5.41, 5.74) is -0.903. The van der Waals surface area contributed by atoms with Gasteiger partial charge in [0.1, 0.15) is 5.41 Å². The van der Waals surface area contributed by atoms with Crippen LogP contribution in [0.1, 0.15) is 32.1 Å². The molecule has 6 heteroatoms.